The first-order chi connectivity index (χ1) is 6.38. The lowest BCUT2D eigenvalue weighted by Crippen LogP contribution is -2.81. The molecule has 70 valence electrons. The summed E-state index contributed by atoms with van der Waals surface area (Å²) < 4.78 is 0. The molecule has 0 aromatic carbocycles. The summed E-state index contributed by atoms with van der Waals surface area (Å²) in [5, 5.41) is 0.589. The van der Waals surface area contributed by atoms with Crippen LogP contribution in [0.3, 0.4) is 0 Å². The lowest BCUT2D eigenvalue weighted by molar-refractivity contribution is -0.358. The summed E-state index contributed by atoms with van der Waals surface area (Å²) >= 11 is 6.28. The Labute approximate surface area is 84.0 Å². The number of hydrogen-bond acceptors (Lipinski definition) is 0. The third-order valence-corrected chi connectivity index (χ3v) is 6.97. The number of rotatable bonds is 0. The van der Waals surface area contributed by atoms with Gasteiger partial charge < -0.3 is 0 Å². The molecule has 0 saturated heterocycles. The van der Waals surface area contributed by atoms with E-state index in [9.17, 15) is 0 Å². The monoisotopic (exact) mass is 194 g/mol. The Bertz CT molecular complexity index is 293. The molecule has 0 amide bonds. The van der Waals surface area contributed by atoms with Gasteiger partial charge >= 0.3 is 0 Å². The normalized spacial score (nSPS) is 80.5. The second kappa shape index (κ2) is 1.71. The molecule has 0 heterocycles. The first-order valence-corrected chi connectivity index (χ1v) is 6.45. The molecule has 5 rings (SSSR count). The molecule has 5 saturated carbocycles. The summed E-state index contributed by atoms with van der Waals surface area (Å²) in [7, 11) is 0. The molecule has 5 fully saturated rings. The van der Waals surface area contributed by atoms with Gasteiger partial charge in [-0.1, -0.05) is 0 Å². The Morgan fingerprint density at radius 3 is 1.92 bits per heavy atom. The minimum absolute atomic E-state index is 0.589. The van der Waals surface area contributed by atoms with Crippen LogP contribution in [0.2, 0.25) is 0 Å². The van der Waals surface area contributed by atoms with E-state index < -0.39 is 0 Å². The van der Waals surface area contributed by atoms with Crippen LogP contribution in [0, 0.1) is 47.3 Å². The van der Waals surface area contributed by atoms with Crippen LogP contribution in [0.15, 0.2) is 0 Å². The quantitative estimate of drug-likeness (QED) is 0.411. The molecule has 5 aliphatic rings. The van der Waals surface area contributed by atoms with Crippen LogP contribution < -0.4 is 0 Å². The van der Waals surface area contributed by atoms with E-state index in [-0.39, 0.29) is 0 Å². The van der Waals surface area contributed by atoms with E-state index in [0.29, 0.717) is 5.38 Å². The Hall–Kier alpha value is 0.290. The molecule has 0 spiro atoms. The highest BCUT2D eigenvalue weighted by atomic mass is 35.5. The third kappa shape index (κ3) is 0.458. The molecule has 0 radical (unpaired) electrons. The van der Waals surface area contributed by atoms with Crippen molar-refractivity contribution in [2.24, 2.45) is 47.3 Å². The van der Waals surface area contributed by atoms with Gasteiger partial charge in [0.1, 0.15) is 0 Å². The Morgan fingerprint density at radius 2 is 1.31 bits per heavy atom. The van der Waals surface area contributed by atoms with Gasteiger partial charge in [-0.05, 0) is 66.6 Å². The zero-order valence-corrected chi connectivity index (χ0v) is 8.45. The summed E-state index contributed by atoms with van der Waals surface area (Å²) in [5.74, 6) is 9.23. The highest BCUT2D eigenvalue weighted by Gasteiger charge is 2.79. The second-order valence-corrected chi connectivity index (χ2v) is 6.77. The molecule has 0 bridgehead atoms. The van der Waals surface area contributed by atoms with E-state index in [1.807, 2.05) is 0 Å². The molecule has 0 aliphatic heterocycles. The van der Waals surface area contributed by atoms with E-state index in [4.69, 9.17) is 11.6 Å². The van der Waals surface area contributed by atoms with Crippen molar-refractivity contribution >= 4 is 11.6 Å². The van der Waals surface area contributed by atoms with Crippen LogP contribution in [-0.2, 0) is 0 Å². The van der Waals surface area contributed by atoms with Crippen LogP contribution in [-0.4, -0.2) is 5.38 Å². The van der Waals surface area contributed by atoms with Gasteiger partial charge in [-0.2, -0.15) is 0 Å². The van der Waals surface area contributed by atoms with Gasteiger partial charge in [0.15, 0.2) is 0 Å². The fourth-order valence-corrected chi connectivity index (χ4v) is 6.47. The molecule has 13 heavy (non-hydrogen) atoms. The Morgan fingerprint density at radius 1 is 0.692 bits per heavy atom. The topological polar surface area (TPSA) is 0 Å². The van der Waals surface area contributed by atoms with E-state index in [1.165, 1.54) is 36.0 Å². The lowest BCUT2D eigenvalue weighted by atomic mass is 9.21. The fourth-order valence-electron chi connectivity index (χ4n) is 5.91. The van der Waals surface area contributed by atoms with Crippen LogP contribution in [0.1, 0.15) is 19.3 Å². The van der Waals surface area contributed by atoms with E-state index in [0.717, 1.165) is 17.8 Å². The van der Waals surface area contributed by atoms with Gasteiger partial charge in [0.2, 0.25) is 0 Å². The maximum Gasteiger partial charge on any atom is 0.0372 e. The minimum atomic E-state index is 0.589. The smallest absolute Gasteiger partial charge is 0.0372 e. The average molecular weight is 195 g/mol. The van der Waals surface area contributed by atoms with Crippen LogP contribution in [0.25, 0.3) is 0 Å². The van der Waals surface area contributed by atoms with E-state index >= 15 is 0 Å². The fraction of sp³-hybridized carbons (Fsp3) is 1.00. The second-order valence-electron chi connectivity index (χ2n) is 6.21. The van der Waals surface area contributed by atoms with Gasteiger partial charge in [-0.25, -0.2) is 0 Å². The SMILES string of the molecule is Cl[C@@H]1C[C@H]2[C@@H]3[C@H]4[C@@H]5CC[C@@H]5[C@H]4[C@@H]3[C@H]21. The first kappa shape index (κ1) is 6.71. The van der Waals surface area contributed by atoms with Crippen molar-refractivity contribution in [1.82, 2.24) is 0 Å². The Balaban J connectivity index is 1.49. The average Bonchev–Trinajstić information content (AvgIpc) is 2.05. The number of fused-ring (bicyclic) bond motifs is 10. The standard InChI is InChI=1S/C12H15Cl/c13-7-3-6-8(7)12-10-5-2-1-4(5)9(10)11(6)12/h4-12H,1-3H2/t4-,5+,6-,7-,8-,9+,10-,11-,12+/m1/s1. The van der Waals surface area contributed by atoms with Gasteiger partial charge in [-0.15, -0.1) is 11.6 Å². The van der Waals surface area contributed by atoms with E-state index in [2.05, 4.69) is 0 Å². The van der Waals surface area contributed by atoms with Crippen molar-refractivity contribution in [2.75, 3.05) is 0 Å². The van der Waals surface area contributed by atoms with Crippen molar-refractivity contribution in [3.05, 3.63) is 0 Å². The van der Waals surface area contributed by atoms with Gasteiger partial charge in [0, 0.05) is 5.38 Å². The van der Waals surface area contributed by atoms with Crippen molar-refractivity contribution in [2.45, 2.75) is 24.6 Å². The molecular formula is C12H15Cl. The summed E-state index contributed by atoms with van der Waals surface area (Å²) in [6.07, 6.45) is 4.52. The maximum atomic E-state index is 6.28. The number of hydrogen-bond donors (Lipinski definition) is 0. The van der Waals surface area contributed by atoms with Crippen molar-refractivity contribution in [3.8, 4) is 0 Å². The lowest BCUT2D eigenvalue weighted by Gasteiger charge is -2.84. The van der Waals surface area contributed by atoms with E-state index in [1.54, 1.807) is 12.8 Å². The van der Waals surface area contributed by atoms with Gasteiger partial charge in [0.05, 0.1) is 0 Å². The predicted molar refractivity (Wildman–Crippen MR) is 51.4 cm³/mol. The summed E-state index contributed by atoms with van der Waals surface area (Å²) in [6, 6.07) is 0. The van der Waals surface area contributed by atoms with Crippen molar-refractivity contribution < 1.29 is 0 Å². The van der Waals surface area contributed by atoms with Crippen LogP contribution in [0.5, 0.6) is 0 Å². The molecule has 5 aliphatic carbocycles. The minimum Gasteiger partial charge on any atom is -0.123 e. The number of alkyl halides is 1. The first-order valence-electron chi connectivity index (χ1n) is 6.02. The van der Waals surface area contributed by atoms with Gasteiger partial charge in [-0.3, -0.25) is 0 Å². The molecule has 0 aromatic rings. The van der Waals surface area contributed by atoms with Crippen molar-refractivity contribution in [1.29, 1.82) is 0 Å². The summed E-state index contributed by atoms with van der Waals surface area (Å²) in [4.78, 5) is 0. The zero-order valence-electron chi connectivity index (χ0n) is 7.70. The summed E-state index contributed by atoms with van der Waals surface area (Å²) in [5.41, 5.74) is 0. The predicted octanol–water partition coefficient (Wildman–Crippen LogP) is 2.76. The Kier molecular flexibility index (Phi) is 0.882. The van der Waals surface area contributed by atoms with Crippen molar-refractivity contribution in [3.63, 3.8) is 0 Å². The van der Waals surface area contributed by atoms with Gasteiger partial charge in [0.25, 0.3) is 0 Å². The molecule has 0 nitrogen and oxygen atoms in total. The zero-order chi connectivity index (χ0) is 8.32. The molecule has 0 unspecified atom stereocenters. The third-order valence-electron chi connectivity index (χ3n) is 6.50. The molecule has 1 heteroatoms. The van der Waals surface area contributed by atoms with Crippen LogP contribution in [0.4, 0.5) is 0 Å². The van der Waals surface area contributed by atoms with Crippen LogP contribution >= 0.6 is 11.6 Å². The molecular weight excluding hydrogens is 180 g/mol. The molecule has 0 N–H and O–H groups in total. The maximum absolute atomic E-state index is 6.28. The summed E-state index contributed by atoms with van der Waals surface area (Å²) in [6.45, 7) is 0. The number of halogens is 1. The highest BCUT2D eigenvalue weighted by Crippen LogP contribution is 2.83. The molecule has 9 atom stereocenters. The molecule has 0 aromatic heterocycles. The highest BCUT2D eigenvalue weighted by molar-refractivity contribution is 6.21. The largest absolute Gasteiger partial charge is 0.123 e.